The Morgan fingerprint density at radius 2 is 1.43 bits per heavy atom. The molecule has 0 saturated carbocycles. The van der Waals surface area contributed by atoms with Gasteiger partial charge in [0.05, 0.1) is 25.4 Å². The average Bonchev–Trinajstić information content (AvgIpc) is 2.55. The molecular weight excluding hydrogens is 376 g/mol. The average molecular weight is 402 g/mol. The van der Waals surface area contributed by atoms with Crippen molar-refractivity contribution in [2.24, 2.45) is 23.1 Å². The zero-order valence-corrected chi connectivity index (χ0v) is 15.6. The van der Waals surface area contributed by atoms with E-state index < -0.39 is 78.9 Å². The molecule has 0 rings (SSSR count). The standard InChI is InChI=1S/C15H26N6O7/c1-6(2)12(21-13(25)7(16)3-9(17)22)14(26)19-5-11(24)20-8(15(27)28)4-10(18)23/h6-8,12H,3-5,16H2,1-2H3,(H2,17,22)(H2,18,23)(H,19,26)(H,20,24)(H,21,25)(H,27,28). The van der Waals surface area contributed by atoms with Gasteiger partial charge in [-0.05, 0) is 5.92 Å². The molecule has 10 N–H and O–H groups in total. The van der Waals surface area contributed by atoms with Crippen LogP contribution < -0.4 is 33.2 Å². The van der Waals surface area contributed by atoms with E-state index in [1.807, 2.05) is 5.32 Å². The molecule has 0 aromatic heterocycles. The molecule has 0 fully saturated rings. The van der Waals surface area contributed by atoms with Crippen molar-refractivity contribution < 1.29 is 33.9 Å². The molecule has 0 aromatic carbocycles. The van der Waals surface area contributed by atoms with Crippen molar-refractivity contribution in [2.45, 2.75) is 44.8 Å². The maximum absolute atomic E-state index is 12.2. The van der Waals surface area contributed by atoms with Gasteiger partial charge in [-0.15, -0.1) is 0 Å². The topological polar surface area (TPSA) is 237 Å². The van der Waals surface area contributed by atoms with E-state index in [2.05, 4.69) is 10.6 Å². The maximum Gasteiger partial charge on any atom is 0.326 e. The fourth-order valence-corrected chi connectivity index (χ4v) is 2.03. The summed E-state index contributed by atoms with van der Waals surface area (Å²) in [6.07, 6.45) is -1.02. The second-order valence-electron chi connectivity index (χ2n) is 6.35. The number of carboxylic acids is 1. The van der Waals surface area contributed by atoms with Crippen molar-refractivity contribution in [3.63, 3.8) is 0 Å². The van der Waals surface area contributed by atoms with Crippen molar-refractivity contribution in [1.82, 2.24) is 16.0 Å². The van der Waals surface area contributed by atoms with Crippen LogP contribution in [-0.2, 0) is 28.8 Å². The summed E-state index contributed by atoms with van der Waals surface area (Å²) in [4.78, 5) is 68.6. The van der Waals surface area contributed by atoms with Crippen LogP contribution in [0.4, 0.5) is 0 Å². The summed E-state index contributed by atoms with van der Waals surface area (Å²) in [6, 6.07) is -3.84. The van der Waals surface area contributed by atoms with Crippen LogP contribution in [0.25, 0.3) is 0 Å². The molecule has 0 aliphatic carbocycles. The van der Waals surface area contributed by atoms with E-state index in [-0.39, 0.29) is 0 Å². The summed E-state index contributed by atoms with van der Waals surface area (Å²) in [7, 11) is 0. The van der Waals surface area contributed by atoms with Crippen LogP contribution in [-0.4, -0.2) is 65.3 Å². The number of hydrogen-bond donors (Lipinski definition) is 7. The van der Waals surface area contributed by atoms with Crippen LogP contribution in [0.3, 0.4) is 0 Å². The molecule has 0 aromatic rings. The minimum Gasteiger partial charge on any atom is -0.480 e. The molecule has 0 saturated heterocycles. The van der Waals surface area contributed by atoms with E-state index in [4.69, 9.17) is 22.3 Å². The molecule has 0 heterocycles. The van der Waals surface area contributed by atoms with Gasteiger partial charge < -0.3 is 38.3 Å². The van der Waals surface area contributed by atoms with Gasteiger partial charge in [-0.2, -0.15) is 0 Å². The number of nitrogens with one attached hydrogen (secondary N) is 3. The van der Waals surface area contributed by atoms with Crippen molar-refractivity contribution >= 4 is 35.5 Å². The Balaban J connectivity index is 4.78. The number of nitrogens with two attached hydrogens (primary N) is 3. The van der Waals surface area contributed by atoms with E-state index in [1.165, 1.54) is 0 Å². The highest BCUT2D eigenvalue weighted by Gasteiger charge is 2.28. The number of rotatable bonds is 12. The quantitative estimate of drug-likeness (QED) is 0.169. The molecule has 0 aliphatic rings. The lowest BCUT2D eigenvalue weighted by Gasteiger charge is -2.23. The minimum absolute atomic E-state index is 0.394. The Morgan fingerprint density at radius 1 is 0.893 bits per heavy atom. The van der Waals surface area contributed by atoms with Gasteiger partial charge >= 0.3 is 5.97 Å². The zero-order chi connectivity index (χ0) is 22.0. The number of amides is 5. The lowest BCUT2D eigenvalue weighted by atomic mass is 10.0. The minimum atomic E-state index is -1.53. The second kappa shape index (κ2) is 11.5. The summed E-state index contributed by atoms with van der Waals surface area (Å²) < 4.78 is 0. The molecule has 13 nitrogen and oxygen atoms in total. The van der Waals surface area contributed by atoms with E-state index in [9.17, 15) is 28.8 Å². The van der Waals surface area contributed by atoms with Gasteiger partial charge in [0.1, 0.15) is 12.1 Å². The highest BCUT2D eigenvalue weighted by Crippen LogP contribution is 2.03. The smallest absolute Gasteiger partial charge is 0.326 e. The first-order valence-corrected chi connectivity index (χ1v) is 8.27. The summed E-state index contributed by atoms with van der Waals surface area (Å²) in [5, 5.41) is 15.6. The van der Waals surface area contributed by atoms with E-state index >= 15 is 0 Å². The SMILES string of the molecule is CC(C)C(NC(=O)C(N)CC(N)=O)C(=O)NCC(=O)NC(CC(N)=O)C(=O)O. The molecule has 0 bridgehead atoms. The van der Waals surface area contributed by atoms with Gasteiger partial charge in [0.2, 0.25) is 29.5 Å². The predicted molar refractivity (Wildman–Crippen MR) is 94.9 cm³/mol. The summed E-state index contributed by atoms with van der Waals surface area (Å²) in [5.74, 6) is -5.94. The van der Waals surface area contributed by atoms with E-state index in [0.29, 0.717) is 0 Å². The number of primary amides is 2. The fourth-order valence-electron chi connectivity index (χ4n) is 2.03. The van der Waals surface area contributed by atoms with Crippen molar-refractivity contribution in [3.8, 4) is 0 Å². The Morgan fingerprint density at radius 3 is 1.86 bits per heavy atom. The number of carbonyl (C=O) groups excluding carboxylic acids is 5. The maximum atomic E-state index is 12.2. The molecule has 158 valence electrons. The molecule has 28 heavy (non-hydrogen) atoms. The zero-order valence-electron chi connectivity index (χ0n) is 15.6. The molecule has 3 atom stereocenters. The van der Waals surface area contributed by atoms with Crippen LogP contribution in [0.2, 0.25) is 0 Å². The lowest BCUT2D eigenvalue weighted by Crippen LogP contribution is -2.55. The molecule has 3 unspecified atom stereocenters. The Kier molecular flexibility index (Phi) is 10.2. The molecule has 5 amide bonds. The summed E-state index contributed by atoms with van der Waals surface area (Å²) in [5.41, 5.74) is 15.4. The van der Waals surface area contributed by atoms with Crippen LogP contribution in [0.1, 0.15) is 26.7 Å². The normalized spacial score (nSPS) is 13.7. The monoisotopic (exact) mass is 402 g/mol. The lowest BCUT2D eigenvalue weighted by molar-refractivity contribution is -0.143. The van der Waals surface area contributed by atoms with Crippen LogP contribution in [0.5, 0.6) is 0 Å². The third-order valence-electron chi connectivity index (χ3n) is 3.47. The number of carbonyl (C=O) groups is 6. The van der Waals surface area contributed by atoms with Crippen molar-refractivity contribution in [3.05, 3.63) is 0 Å². The van der Waals surface area contributed by atoms with Crippen LogP contribution >= 0.6 is 0 Å². The first kappa shape index (κ1) is 24.8. The summed E-state index contributed by atoms with van der Waals surface area (Å²) >= 11 is 0. The fraction of sp³-hybridized carbons (Fsp3) is 0.600. The van der Waals surface area contributed by atoms with Crippen LogP contribution in [0, 0.1) is 5.92 Å². The molecule has 0 aliphatic heterocycles. The molecule has 13 heteroatoms. The molecule has 0 radical (unpaired) electrons. The first-order valence-electron chi connectivity index (χ1n) is 8.27. The van der Waals surface area contributed by atoms with E-state index in [1.54, 1.807) is 13.8 Å². The molecular formula is C15H26N6O7. The predicted octanol–water partition coefficient (Wildman–Crippen LogP) is -4.11. The number of carboxylic acid groups (broad SMARTS) is 1. The van der Waals surface area contributed by atoms with Gasteiger partial charge in [0, 0.05) is 0 Å². The number of hydrogen-bond acceptors (Lipinski definition) is 7. The number of aliphatic carboxylic acids is 1. The van der Waals surface area contributed by atoms with Gasteiger partial charge in [-0.3, -0.25) is 24.0 Å². The largest absolute Gasteiger partial charge is 0.480 e. The van der Waals surface area contributed by atoms with Gasteiger partial charge in [0.25, 0.3) is 0 Å². The Labute approximate surface area is 160 Å². The third-order valence-corrected chi connectivity index (χ3v) is 3.47. The Hall–Kier alpha value is -3.22. The van der Waals surface area contributed by atoms with Gasteiger partial charge in [-0.25, -0.2) is 4.79 Å². The van der Waals surface area contributed by atoms with Gasteiger partial charge in [0.15, 0.2) is 0 Å². The summed E-state index contributed by atoms with van der Waals surface area (Å²) in [6.45, 7) is 2.64. The van der Waals surface area contributed by atoms with E-state index in [0.717, 1.165) is 0 Å². The first-order chi connectivity index (χ1) is 12.8. The van der Waals surface area contributed by atoms with Gasteiger partial charge in [-0.1, -0.05) is 13.8 Å². The highest BCUT2D eigenvalue weighted by molar-refractivity contribution is 5.94. The highest BCUT2D eigenvalue weighted by atomic mass is 16.4. The molecule has 0 spiro atoms. The van der Waals surface area contributed by atoms with Crippen LogP contribution in [0.15, 0.2) is 0 Å². The third kappa shape index (κ3) is 9.47. The Bertz CT molecular complexity index is 636. The van der Waals surface area contributed by atoms with Crippen molar-refractivity contribution in [1.29, 1.82) is 0 Å². The second-order valence-corrected chi connectivity index (χ2v) is 6.35. The van der Waals surface area contributed by atoms with Crippen molar-refractivity contribution in [2.75, 3.05) is 6.54 Å².